The summed E-state index contributed by atoms with van der Waals surface area (Å²) in [5.74, 6) is 1.58. The first-order valence-corrected chi connectivity index (χ1v) is 10.7. The van der Waals surface area contributed by atoms with Gasteiger partial charge in [0.05, 0.1) is 13.7 Å². The molecule has 1 aromatic carbocycles. The second-order valence-electron chi connectivity index (χ2n) is 6.56. The number of halogens is 1. The van der Waals surface area contributed by atoms with Crippen LogP contribution in [0, 0.1) is 0 Å². The number of hydrogen-bond acceptors (Lipinski definition) is 8. The average Bonchev–Trinajstić information content (AvgIpc) is 3.21. The van der Waals surface area contributed by atoms with Gasteiger partial charge in [0.25, 0.3) is 0 Å². The van der Waals surface area contributed by atoms with Crippen LogP contribution in [0.2, 0.25) is 5.02 Å². The van der Waals surface area contributed by atoms with E-state index in [4.69, 9.17) is 16.3 Å². The molecule has 1 aliphatic rings. The molecule has 9 nitrogen and oxygen atoms in total. The molecular weight excluding hydrogens is 404 g/mol. The fraction of sp³-hybridized carbons (Fsp3) is 0.471. The monoisotopic (exact) mass is 426 g/mol. The van der Waals surface area contributed by atoms with Gasteiger partial charge in [0.1, 0.15) is 10.6 Å². The third-order valence-electron chi connectivity index (χ3n) is 4.28. The van der Waals surface area contributed by atoms with E-state index in [1.54, 1.807) is 11.0 Å². The quantitative estimate of drug-likeness (QED) is 0.713. The Bertz CT molecular complexity index is 948. The van der Waals surface area contributed by atoms with Gasteiger partial charge in [-0.25, -0.2) is 13.1 Å². The van der Waals surface area contributed by atoms with Gasteiger partial charge < -0.3 is 14.5 Å². The lowest BCUT2D eigenvalue weighted by Crippen LogP contribution is -2.28. The highest BCUT2D eigenvalue weighted by Crippen LogP contribution is 2.27. The molecule has 0 aliphatic carbocycles. The molecule has 28 heavy (non-hydrogen) atoms. The van der Waals surface area contributed by atoms with Crippen LogP contribution in [0.3, 0.4) is 0 Å². The molecule has 11 heteroatoms. The van der Waals surface area contributed by atoms with E-state index < -0.39 is 10.0 Å². The molecule has 0 radical (unpaired) electrons. The molecule has 0 saturated carbocycles. The highest BCUT2D eigenvalue weighted by atomic mass is 35.5. The summed E-state index contributed by atoms with van der Waals surface area (Å²) in [7, 11) is 1.18. The maximum atomic E-state index is 12.8. The standard InChI is InChI=1S/C17H23ClN6O3S/c1-23(2)16-20-15(21-17(22-16)24-8-4-5-9-24)11-19-28(25,26)14-10-12(18)6-7-13(14)27-3/h6-7,10,19H,4-5,8-9,11H2,1-3H3. The van der Waals surface area contributed by atoms with E-state index >= 15 is 0 Å². The molecule has 0 unspecified atom stereocenters. The van der Waals surface area contributed by atoms with Gasteiger partial charge in [-0.2, -0.15) is 15.0 Å². The van der Waals surface area contributed by atoms with Crippen molar-refractivity contribution in [3.05, 3.63) is 29.0 Å². The average molecular weight is 427 g/mol. The van der Waals surface area contributed by atoms with Crippen LogP contribution in [-0.4, -0.2) is 57.7 Å². The van der Waals surface area contributed by atoms with E-state index in [0.29, 0.717) is 22.7 Å². The number of nitrogens with one attached hydrogen (secondary N) is 1. The number of hydrogen-bond donors (Lipinski definition) is 1. The molecule has 1 aliphatic heterocycles. The largest absolute Gasteiger partial charge is 0.495 e. The minimum Gasteiger partial charge on any atom is -0.495 e. The van der Waals surface area contributed by atoms with Crippen LogP contribution in [-0.2, 0) is 16.6 Å². The molecule has 0 amide bonds. The third kappa shape index (κ3) is 4.62. The third-order valence-corrected chi connectivity index (χ3v) is 5.94. The summed E-state index contributed by atoms with van der Waals surface area (Å²) in [6, 6.07) is 4.42. The van der Waals surface area contributed by atoms with Gasteiger partial charge in [0, 0.05) is 32.2 Å². The Balaban J connectivity index is 1.86. The molecule has 1 N–H and O–H groups in total. The molecule has 0 spiro atoms. The van der Waals surface area contributed by atoms with Gasteiger partial charge >= 0.3 is 0 Å². The molecule has 2 heterocycles. The van der Waals surface area contributed by atoms with Crippen molar-refractivity contribution in [2.75, 3.05) is 44.1 Å². The second-order valence-corrected chi connectivity index (χ2v) is 8.73. The highest BCUT2D eigenvalue weighted by Gasteiger charge is 2.22. The van der Waals surface area contributed by atoms with Crippen LogP contribution < -0.4 is 19.3 Å². The normalized spacial score (nSPS) is 14.4. The van der Waals surface area contributed by atoms with Crippen LogP contribution in [0.25, 0.3) is 0 Å². The number of nitrogens with zero attached hydrogens (tertiary/aromatic N) is 5. The van der Waals surface area contributed by atoms with E-state index in [1.807, 2.05) is 14.1 Å². The maximum absolute atomic E-state index is 12.8. The Morgan fingerprint density at radius 3 is 2.57 bits per heavy atom. The molecule has 0 atom stereocenters. The van der Waals surface area contributed by atoms with Crippen LogP contribution in [0.4, 0.5) is 11.9 Å². The topological polar surface area (TPSA) is 101 Å². The zero-order valence-electron chi connectivity index (χ0n) is 16.0. The van der Waals surface area contributed by atoms with Crippen LogP contribution in [0.15, 0.2) is 23.1 Å². The van der Waals surface area contributed by atoms with Crippen LogP contribution in [0.5, 0.6) is 5.75 Å². The summed E-state index contributed by atoms with van der Waals surface area (Å²) in [5.41, 5.74) is 0. The van der Waals surface area contributed by atoms with Crippen molar-refractivity contribution >= 4 is 33.5 Å². The Morgan fingerprint density at radius 2 is 1.93 bits per heavy atom. The van der Waals surface area contributed by atoms with Gasteiger partial charge in [0.2, 0.25) is 21.9 Å². The van der Waals surface area contributed by atoms with Crippen molar-refractivity contribution in [2.24, 2.45) is 0 Å². The summed E-state index contributed by atoms with van der Waals surface area (Å²) < 4.78 is 33.2. The molecule has 1 fully saturated rings. The van der Waals surface area contributed by atoms with Gasteiger partial charge in [-0.3, -0.25) is 0 Å². The molecule has 2 aromatic rings. The summed E-state index contributed by atoms with van der Waals surface area (Å²) in [6.45, 7) is 1.67. The Morgan fingerprint density at radius 1 is 1.21 bits per heavy atom. The van der Waals surface area contributed by atoms with Crippen molar-refractivity contribution in [2.45, 2.75) is 24.3 Å². The van der Waals surface area contributed by atoms with Gasteiger partial charge in [-0.15, -0.1) is 0 Å². The van der Waals surface area contributed by atoms with Crippen molar-refractivity contribution in [3.8, 4) is 5.75 Å². The molecule has 1 aromatic heterocycles. The number of ether oxygens (including phenoxy) is 1. The minimum absolute atomic E-state index is 0.0378. The maximum Gasteiger partial charge on any atom is 0.244 e. The van der Waals surface area contributed by atoms with Crippen molar-refractivity contribution in [3.63, 3.8) is 0 Å². The zero-order valence-corrected chi connectivity index (χ0v) is 17.6. The number of sulfonamides is 1. The number of benzene rings is 1. The van der Waals surface area contributed by atoms with Crippen molar-refractivity contribution < 1.29 is 13.2 Å². The van der Waals surface area contributed by atoms with Crippen LogP contribution >= 0.6 is 11.6 Å². The van der Waals surface area contributed by atoms with Gasteiger partial charge in [0.15, 0.2) is 5.82 Å². The molecule has 152 valence electrons. The first-order valence-electron chi connectivity index (χ1n) is 8.80. The highest BCUT2D eigenvalue weighted by molar-refractivity contribution is 7.89. The summed E-state index contributed by atoms with van der Waals surface area (Å²) in [5, 5.41) is 0.299. The first-order chi connectivity index (χ1) is 13.3. The molecule has 0 bridgehead atoms. The lowest BCUT2D eigenvalue weighted by atomic mass is 10.3. The van der Waals surface area contributed by atoms with E-state index in [-0.39, 0.29) is 17.2 Å². The molecule has 1 saturated heterocycles. The Kier molecular flexibility index (Phi) is 6.21. The number of methoxy groups -OCH3 is 1. The predicted molar refractivity (Wildman–Crippen MR) is 108 cm³/mol. The predicted octanol–water partition coefficient (Wildman–Crippen LogP) is 1.68. The fourth-order valence-corrected chi connectivity index (χ4v) is 4.24. The Hall–Kier alpha value is -2.17. The van der Waals surface area contributed by atoms with Crippen molar-refractivity contribution in [1.82, 2.24) is 19.7 Å². The van der Waals surface area contributed by atoms with Gasteiger partial charge in [-0.1, -0.05) is 11.6 Å². The number of anilines is 2. The Labute approximate surface area is 169 Å². The molecule has 3 rings (SSSR count). The lowest BCUT2D eigenvalue weighted by Gasteiger charge is -2.19. The van der Waals surface area contributed by atoms with E-state index in [0.717, 1.165) is 25.9 Å². The lowest BCUT2D eigenvalue weighted by molar-refractivity contribution is 0.402. The number of rotatable bonds is 7. The summed E-state index contributed by atoms with van der Waals surface area (Å²) in [6.07, 6.45) is 2.17. The van der Waals surface area contributed by atoms with E-state index in [1.165, 1.54) is 19.2 Å². The SMILES string of the molecule is COc1ccc(Cl)cc1S(=O)(=O)NCc1nc(N(C)C)nc(N2CCCC2)n1. The minimum atomic E-state index is -3.88. The number of aromatic nitrogens is 3. The van der Waals surface area contributed by atoms with Crippen molar-refractivity contribution in [1.29, 1.82) is 0 Å². The summed E-state index contributed by atoms with van der Waals surface area (Å²) in [4.78, 5) is 17.1. The second kappa shape index (κ2) is 8.46. The summed E-state index contributed by atoms with van der Waals surface area (Å²) >= 11 is 5.95. The van der Waals surface area contributed by atoms with E-state index in [9.17, 15) is 8.42 Å². The fourth-order valence-electron chi connectivity index (χ4n) is 2.83. The zero-order chi connectivity index (χ0) is 20.3. The van der Waals surface area contributed by atoms with Gasteiger partial charge in [-0.05, 0) is 31.0 Å². The molecular formula is C17H23ClN6O3S. The van der Waals surface area contributed by atoms with E-state index in [2.05, 4.69) is 24.6 Å². The first kappa shape index (κ1) is 20.6. The smallest absolute Gasteiger partial charge is 0.244 e. The van der Waals surface area contributed by atoms with Crippen LogP contribution in [0.1, 0.15) is 18.7 Å².